The molecule has 1 atom stereocenters. The molecule has 6 heteroatoms. The fourth-order valence-electron chi connectivity index (χ4n) is 2.80. The number of imidazole rings is 1. The van der Waals surface area contributed by atoms with Crippen LogP contribution in [-0.2, 0) is 6.54 Å². The molecule has 1 N–H and O–H groups in total. The van der Waals surface area contributed by atoms with Crippen LogP contribution >= 0.6 is 0 Å². The molecule has 0 aliphatic carbocycles. The van der Waals surface area contributed by atoms with Crippen LogP contribution in [0.4, 0.5) is 0 Å². The molecule has 3 rings (SSSR count). The fraction of sp³-hybridized carbons (Fsp3) is 0.533. The van der Waals surface area contributed by atoms with Gasteiger partial charge in [0.1, 0.15) is 11.5 Å². The summed E-state index contributed by atoms with van der Waals surface area (Å²) in [5.74, 6) is 1.32. The van der Waals surface area contributed by atoms with E-state index in [1.54, 1.807) is 0 Å². The van der Waals surface area contributed by atoms with Crippen molar-refractivity contribution >= 4 is 5.91 Å². The zero-order valence-corrected chi connectivity index (χ0v) is 12.5. The van der Waals surface area contributed by atoms with Gasteiger partial charge in [0.05, 0.1) is 0 Å². The number of aryl methyl sites for hydroxylation is 2. The molecule has 1 aliphatic rings. The number of likely N-dealkylation sites (tertiary alicyclic amines) is 1. The van der Waals surface area contributed by atoms with Crippen molar-refractivity contribution in [2.45, 2.75) is 39.2 Å². The van der Waals surface area contributed by atoms with Gasteiger partial charge in [-0.15, -0.1) is 0 Å². The van der Waals surface area contributed by atoms with Gasteiger partial charge in [0.15, 0.2) is 0 Å². The summed E-state index contributed by atoms with van der Waals surface area (Å²) < 4.78 is 1.83. The maximum atomic E-state index is 12.5. The molecular formula is C15H21N5O. The van der Waals surface area contributed by atoms with Gasteiger partial charge in [0.25, 0.3) is 5.91 Å². The predicted molar refractivity (Wildman–Crippen MR) is 79.1 cm³/mol. The Labute approximate surface area is 124 Å². The van der Waals surface area contributed by atoms with Crippen LogP contribution in [0.15, 0.2) is 18.5 Å². The minimum atomic E-state index is 0.0237. The van der Waals surface area contributed by atoms with E-state index >= 15 is 0 Å². The van der Waals surface area contributed by atoms with Crippen LogP contribution in [0.5, 0.6) is 0 Å². The van der Waals surface area contributed by atoms with Gasteiger partial charge in [0, 0.05) is 43.6 Å². The Morgan fingerprint density at radius 3 is 3.10 bits per heavy atom. The minimum Gasteiger partial charge on any atom is -0.346 e. The number of nitrogens with one attached hydrogen (secondary N) is 1. The van der Waals surface area contributed by atoms with Crippen molar-refractivity contribution in [2.75, 3.05) is 13.1 Å². The highest BCUT2D eigenvalue weighted by Crippen LogP contribution is 2.25. The van der Waals surface area contributed by atoms with Crippen LogP contribution in [-0.4, -0.2) is 43.6 Å². The van der Waals surface area contributed by atoms with Crippen LogP contribution < -0.4 is 0 Å². The van der Waals surface area contributed by atoms with Gasteiger partial charge in [-0.1, -0.05) is 6.92 Å². The summed E-state index contributed by atoms with van der Waals surface area (Å²) in [5.41, 5.74) is 1.60. The van der Waals surface area contributed by atoms with Crippen LogP contribution in [0.3, 0.4) is 0 Å². The Morgan fingerprint density at radius 1 is 1.52 bits per heavy atom. The standard InChI is InChI=1S/C15H21N5O/c1-3-6-20-8-5-13(18-20)15(21)19-7-4-12(10-19)14-16-9-11(2)17-14/h5,8-9,12H,3-4,6-7,10H2,1-2H3,(H,16,17). The molecule has 0 saturated carbocycles. The van der Waals surface area contributed by atoms with E-state index in [1.165, 1.54) is 0 Å². The lowest BCUT2D eigenvalue weighted by atomic mass is 10.1. The van der Waals surface area contributed by atoms with Crippen LogP contribution in [0.1, 0.15) is 47.7 Å². The lowest BCUT2D eigenvalue weighted by Gasteiger charge is -2.14. The van der Waals surface area contributed by atoms with Crippen LogP contribution in [0.25, 0.3) is 0 Å². The Bertz CT molecular complexity index is 630. The zero-order chi connectivity index (χ0) is 14.8. The smallest absolute Gasteiger partial charge is 0.274 e. The monoisotopic (exact) mass is 287 g/mol. The average molecular weight is 287 g/mol. The van der Waals surface area contributed by atoms with E-state index in [1.807, 2.05) is 35.0 Å². The summed E-state index contributed by atoms with van der Waals surface area (Å²) in [6.45, 7) is 6.42. The molecule has 1 fully saturated rings. The molecule has 0 bridgehead atoms. The quantitative estimate of drug-likeness (QED) is 0.934. The number of nitrogens with zero attached hydrogens (tertiary/aromatic N) is 4. The van der Waals surface area contributed by atoms with Crippen molar-refractivity contribution in [3.05, 3.63) is 35.7 Å². The normalized spacial score (nSPS) is 18.4. The fourth-order valence-corrected chi connectivity index (χ4v) is 2.80. The highest BCUT2D eigenvalue weighted by atomic mass is 16.2. The Balaban J connectivity index is 1.66. The molecular weight excluding hydrogens is 266 g/mol. The first-order valence-electron chi connectivity index (χ1n) is 7.51. The van der Waals surface area contributed by atoms with E-state index in [0.717, 1.165) is 37.4 Å². The largest absolute Gasteiger partial charge is 0.346 e. The molecule has 1 aliphatic heterocycles. The van der Waals surface area contributed by atoms with Gasteiger partial charge >= 0.3 is 0 Å². The number of H-pyrrole nitrogens is 1. The van der Waals surface area contributed by atoms with Crippen molar-refractivity contribution < 1.29 is 4.79 Å². The molecule has 1 saturated heterocycles. The summed E-state index contributed by atoms with van der Waals surface area (Å²) >= 11 is 0. The number of rotatable bonds is 4. The predicted octanol–water partition coefficient (Wildman–Crippen LogP) is 1.95. The van der Waals surface area contributed by atoms with Crippen molar-refractivity contribution in [1.29, 1.82) is 0 Å². The van der Waals surface area contributed by atoms with Crippen molar-refractivity contribution in [3.63, 3.8) is 0 Å². The van der Waals surface area contributed by atoms with Gasteiger partial charge in [-0.25, -0.2) is 4.98 Å². The van der Waals surface area contributed by atoms with Gasteiger partial charge in [0.2, 0.25) is 0 Å². The number of amides is 1. The van der Waals surface area contributed by atoms with Crippen molar-refractivity contribution in [1.82, 2.24) is 24.6 Å². The molecule has 3 heterocycles. The molecule has 2 aromatic rings. The first-order valence-corrected chi connectivity index (χ1v) is 7.51. The maximum absolute atomic E-state index is 12.5. The van der Waals surface area contributed by atoms with E-state index in [4.69, 9.17) is 0 Å². The Morgan fingerprint density at radius 2 is 2.38 bits per heavy atom. The SMILES string of the molecule is CCCn1ccc(C(=O)N2CCC(c3ncc(C)[nH]3)C2)n1. The average Bonchev–Trinajstić information content (AvgIpc) is 3.17. The van der Waals surface area contributed by atoms with Crippen molar-refractivity contribution in [2.24, 2.45) is 0 Å². The molecule has 0 spiro atoms. The third kappa shape index (κ3) is 2.84. The number of aromatic amines is 1. The summed E-state index contributed by atoms with van der Waals surface area (Å²) in [5, 5.41) is 4.35. The second kappa shape index (κ2) is 5.71. The third-order valence-corrected chi connectivity index (χ3v) is 3.90. The highest BCUT2D eigenvalue weighted by molar-refractivity contribution is 5.92. The number of hydrogen-bond donors (Lipinski definition) is 1. The Kier molecular flexibility index (Phi) is 3.77. The van der Waals surface area contributed by atoms with Gasteiger partial charge in [-0.05, 0) is 25.8 Å². The second-order valence-corrected chi connectivity index (χ2v) is 5.65. The van der Waals surface area contributed by atoms with E-state index in [9.17, 15) is 4.79 Å². The number of aromatic nitrogens is 4. The number of hydrogen-bond acceptors (Lipinski definition) is 3. The number of carbonyl (C=O) groups is 1. The summed E-state index contributed by atoms with van der Waals surface area (Å²) in [6.07, 6.45) is 5.68. The van der Waals surface area contributed by atoms with E-state index < -0.39 is 0 Å². The molecule has 2 aromatic heterocycles. The first-order chi connectivity index (χ1) is 10.2. The summed E-state index contributed by atoms with van der Waals surface area (Å²) in [7, 11) is 0. The van der Waals surface area contributed by atoms with E-state index in [2.05, 4.69) is 22.0 Å². The topological polar surface area (TPSA) is 66.8 Å². The maximum Gasteiger partial charge on any atom is 0.274 e. The molecule has 0 aromatic carbocycles. The van der Waals surface area contributed by atoms with E-state index in [-0.39, 0.29) is 5.91 Å². The number of carbonyl (C=O) groups excluding carboxylic acids is 1. The van der Waals surface area contributed by atoms with Crippen LogP contribution in [0.2, 0.25) is 0 Å². The molecule has 112 valence electrons. The molecule has 21 heavy (non-hydrogen) atoms. The third-order valence-electron chi connectivity index (χ3n) is 3.90. The zero-order valence-electron chi connectivity index (χ0n) is 12.5. The van der Waals surface area contributed by atoms with Crippen molar-refractivity contribution in [3.8, 4) is 0 Å². The molecule has 1 amide bonds. The summed E-state index contributed by atoms with van der Waals surface area (Å²) in [4.78, 5) is 22.0. The van der Waals surface area contributed by atoms with Gasteiger partial charge in [-0.3, -0.25) is 9.48 Å². The second-order valence-electron chi connectivity index (χ2n) is 5.65. The minimum absolute atomic E-state index is 0.0237. The van der Waals surface area contributed by atoms with Crippen LogP contribution in [0, 0.1) is 6.92 Å². The van der Waals surface area contributed by atoms with Gasteiger partial charge in [-0.2, -0.15) is 5.10 Å². The first kappa shape index (κ1) is 13.9. The lowest BCUT2D eigenvalue weighted by Crippen LogP contribution is -2.29. The van der Waals surface area contributed by atoms with E-state index in [0.29, 0.717) is 18.2 Å². The highest BCUT2D eigenvalue weighted by Gasteiger charge is 2.30. The van der Waals surface area contributed by atoms with Gasteiger partial charge < -0.3 is 9.88 Å². The molecule has 1 unspecified atom stereocenters. The molecule has 6 nitrogen and oxygen atoms in total. The summed E-state index contributed by atoms with van der Waals surface area (Å²) in [6, 6.07) is 1.81. The Hall–Kier alpha value is -2.11. The lowest BCUT2D eigenvalue weighted by molar-refractivity contribution is 0.0783. The molecule has 0 radical (unpaired) electrons.